The van der Waals surface area contributed by atoms with Gasteiger partial charge in [-0.1, -0.05) is 68.9 Å². The van der Waals surface area contributed by atoms with E-state index in [2.05, 4.69) is 46.9 Å². The van der Waals surface area contributed by atoms with Gasteiger partial charge >= 0.3 is 0 Å². The molecule has 0 fully saturated rings. The normalized spacial score (nSPS) is 19.4. The predicted octanol–water partition coefficient (Wildman–Crippen LogP) is 6.20. The van der Waals surface area contributed by atoms with Gasteiger partial charge in [0.1, 0.15) is 5.75 Å². The van der Waals surface area contributed by atoms with E-state index in [1.54, 1.807) is 7.11 Å². The average molecular weight is 489 g/mol. The van der Waals surface area contributed by atoms with Crippen LogP contribution in [0.2, 0.25) is 18.1 Å². The third-order valence-corrected chi connectivity index (χ3v) is 11.2. The van der Waals surface area contributed by atoms with Crippen molar-refractivity contribution in [1.29, 1.82) is 0 Å². The minimum atomic E-state index is -1.78. The van der Waals surface area contributed by atoms with E-state index in [-0.39, 0.29) is 17.2 Å². The molecule has 190 valence electrons. The van der Waals surface area contributed by atoms with Crippen LogP contribution in [-0.4, -0.2) is 52.1 Å². The van der Waals surface area contributed by atoms with Crippen molar-refractivity contribution in [3.05, 3.63) is 65.8 Å². The summed E-state index contributed by atoms with van der Waals surface area (Å²) in [6.07, 6.45) is 10.3. The van der Waals surface area contributed by atoms with Gasteiger partial charge in [-0.2, -0.15) is 0 Å². The van der Waals surface area contributed by atoms with Crippen molar-refractivity contribution in [3.8, 4) is 5.75 Å². The lowest BCUT2D eigenvalue weighted by atomic mass is 10.0. The lowest BCUT2D eigenvalue weighted by Crippen LogP contribution is -2.40. The molecule has 2 rings (SSSR count). The zero-order valence-electron chi connectivity index (χ0n) is 22.0. The van der Waals surface area contributed by atoms with E-state index in [9.17, 15) is 5.11 Å². The second kappa shape index (κ2) is 13.4. The molecule has 6 heteroatoms. The third kappa shape index (κ3) is 9.51. The van der Waals surface area contributed by atoms with Gasteiger partial charge in [0.15, 0.2) is 8.32 Å². The predicted molar refractivity (Wildman–Crippen MR) is 142 cm³/mol. The molecule has 5 nitrogen and oxygen atoms in total. The number of benzene rings is 1. The Hall–Kier alpha value is -1.70. The van der Waals surface area contributed by atoms with Crippen LogP contribution < -0.4 is 4.74 Å². The number of aliphatic hydroxyl groups excluding tert-OH is 1. The van der Waals surface area contributed by atoms with Gasteiger partial charge in [0.2, 0.25) is 0 Å². The SMILES string of the molecule is COc1ccc(CO[C@H](C/C=C/CO[Si](C)(C)C(C)(C)C)[C@@H](O)/C=C/[C@@H]2CC(C)=CCO2)cc1. The number of hydrogen-bond acceptors (Lipinski definition) is 5. The van der Waals surface area contributed by atoms with Crippen molar-refractivity contribution < 1.29 is 23.7 Å². The summed E-state index contributed by atoms with van der Waals surface area (Å²) in [6.45, 7) is 14.9. The summed E-state index contributed by atoms with van der Waals surface area (Å²) >= 11 is 0. The molecule has 1 aliphatic heterocycles. The molecule has 0 aromatic heterocycles. The molecule has 3 atom stereocenters. The van der Waals surface area contributed by atoms with E-state index in [1.807, 2.05) is 48.6 Å². The molecule has 1 aliphatic rings. The number of hydrogen-bond donors (Lipinski definition) is 1. The Labute approximate surface area is 207 Å². The Kier molecular flexibility index (Phi) is 11.2. The monoisotopic (exact) mass is 488 g/mol. The van der Waals surface area contributed by atoms with Crippen molar-refractivity contribution in [1.82, 2.24) is 0 Å². The van der Waals surface area contributed by atoms with Gasteiger partial charge in [0.25, 0.3) is 0 Å². The molecule has 1 heterocycles. The van der Waals surface area contributed by atoms with Gasteiger partial charge in [0.05, 0.1) is 45.2 Å². The zero-order chi connectivity index (χ0) is 25.2. The Morgan fingerprint density at radius 3 is 2.50 bits per heavy atom. The van der Waals surface area contributed by atoms with Gasteiger partial charge < -0.3 is 23.7 Å². The highest BCUT2D eigenvalue weighted by molar-refractivity contribution is 6.74. The maximum absolute atomic E-state index is 10.9. The molecule has 0 saturated heterocycles. The number of ether oxygens (including phenoxy) is 3. The van der Waals surface area contributed by atoms with Crippen molar-refractivity contribution in [2.75, 3.05) is 20.3 Å². The minimum Gasteiger partial charge on any atom is -0.497 e. The van der Waals surface area contributed by atoms with Crippen LogP contribution in [0.5, 0.6) is 5.75 Å². The summed E-state index contributed by atoms with van der Waals surface area (Å²) in [6, 6.07) is 7.79. The summed E-state index contributed by atoms with van der Waals surface area (Å²) in [5.41, 5.74) is 2.34. The highest BCUT2D eigenvalue weighted by Gasteiger charge is 2.36. The Morgan fingerprint density at radius 1 is 1.18 bits per heavy atom. The van der Waals surface area contributed by atoms with Gasteiger partial charge in [0, 0.05) is 0 Å². The fourth-order valence-electron chi connectivity index (χ4n) is 3.26. The highest BCUT2D eigenvalue weighted by atomic mass is 28.4. The van der Waals surface area contributed by atoms with Crippen LogP contribution >= 0.6 is 0 Å². The van der Waals surface area contributed by atoms with E-state index in [1.165, 1.54) is 5.57 Å². The molecule has 34 heavy (non-hydrogen) atoms. The fraction of sp³-hybridized carbons (Fsp3) is 0.571. The Bertz CT molecular complexity index is 820. The molecule has 1 N–H and O–H groups in total. The summed E-state index contributed by atoms with van der Waals surface area (Å²) in [4.78, 5) is 0. The van der Waals surface area contributed by atoms with E-state index >= 15 is 0 Å². The second-order valence-corrected chi connectivity index (χ2v) is 15.3. The first-order chi connectivity index (χ1) is 16.0. The lowest BCUT2D eigenvalue weighted by molar-refractivity contribution is -0.0251. The number of methoxy groups -OCH3 is 1. The smallest absolute Gasteiger partial charge is 0.192 e. The average Bonchev–Trinajstić information content (AvgIpc) is 2.79. The fourth-order valence-corrected chi connectivity index (χ4v) is 4.21. The van der Waals surface area contributed by atoms with Crippen molar-refractivity contribution >= 4 is 8.32 Å². The Morgan fingerprint density at radius 2 is 1.88 bits per heavy atom. The summed E-state index contributed by atoms with van der Waals surface area (Å²) in [5.74, 6) is 0.810. The lowest BCUT2D eigenvalue weighted by Gasteiger charge is -2.35. The van der Waals surface area contributed by atoms with Crippen LogP contribution in [0.4, 0.5) is 0 Å². The zero-order valence-corrected chi connectivity index (χ0v) is 23.0. The molecule has 0 bridgehead atoms. The summed E-state index contributed by atoms with van der Waals surface area (Å²) < 4.78 is 23.3. The molecular weight excluding hydrogens is 444 g/mol. The van der Waals surface area contributed by atoms with Crippen molar-refractivity contribution in [3.63, 3.8) is 0 Å². The van der Waals surface area contributed by atoms with Crippen LogP contribution in [0.1, 0.15) is 46.1 Å². The molecule has 0 saturated carbocycles. The molecule has 0 amide bonds. The molecule has 1 aromatic carbocycles. The standard InChI is InChI=1S/C28H44O5Si/c1-22-17-19-31-25(20-22)15-16-26(29)27(32-21-23-11-13-24(30-5)14-12-23)10-8-9-18-33-34(6,7)28(2,3)4/h8-9,11-17,25-27,29H,10,18-21H2,1-7H3/b9-8+,16-15+/t25-,26+,27-/m1/s1. The highest BCUT2D eigenvalue weighted by Crippen LogP contribution is 2.36. The summed E-state index contributed by atoms with van der Waals surface area (Å²) in [7, 11) is -0.129. The van der Waals surface area contributed by atoms with Crippen molar-refractivity contribution in [2.45, 2.75) is 83.6 Å². The van der Waals surface area contributed by atoms with Crippen LogP contribution in [0.15, 0.2) is 60.2 Å². The van der Waals surface area contributed by atoms with Crippen LogP contribution in [0, 0.1) is 0 Å². The van der Waals surface area contributed by atoms with Gasteiger partial charge in [-0.25, -0.2) is 0 Å². The number of rotatable bonds is 12. The topological polar surface area (TPSA) is 57.2 Å². The quantitative estimate of drug-likeness (QED) is 0.280. The van der Waals surface area contributed by atoms with E-state index < -0.39 is 14.4 Å². The van der Waals surface area contributed by atoms with Gasteiger partial charge in [-0.15, -0.1) is 0 Å². The van der Waals surface area contributed by atoms with Crippen molar-refractivity contribution in [2.24, 2.45) is 0 Å². The number of aliphatic hydroxyl groups is 1. The van der Waals surface area contributed by atoms with Crippen LogP contribution in [-0.2, 0) is 20.5 Å². The molecule has 0 spiro atoms. The summed E-state index contributed by atoms with van der Waals surface area (Å²) in [5, 5.41) is 11.1. The maximum atomic E-state index is 10.9. The molecule has 0 unspecified atom stereocenters. The van der Waals surface area contributed by atoms with Gasteiger partial charge in [-0.3, -0.25) is 0 Å². The first kappa shape index (κ1) is 28.5. The second-order valence-electron chi connectivity index (χ2n) is 10.5. The third-order valence-electron chi connectivity index (χ3n) is 6.67. The van der Waals surface area contributed by atoms with Crippen LogP contribution in [0.3, 0.4) is 0 Å². The van der Waals surface area contributed by atoms with E-state index in [4.69, 9.17) is 18.6 Å². The first-order valence-corrected chi connectivity index (χ1v) is 15.1. The molecule has 1 aromatic rings. The van der Waals surface area contributed by atoms with Gasteiger partial charge in [-0.05, 0) is 55.6 Å². The Balaban J connectivity index is 1.98. The minimum absolute atomic E-state index is 0.00424. The molecule has 0 aliphatic carbocycles. The first-order valence-electron chi connectivity index (χ1n) is 12.2. The van der Waals surface area contributed by atoms with Crippen LogP contribution in [0.25, 0.3) is 0 Å². The maximum Gasteiger partial charge on any atom is 0.192 e. The largest absolute Gasteiger partial charge is 0.497 e. The van der Waals surface area contributed by atoms with E-state index in [0.29, 0.717) is 26.2 Å². The molecular formula is C28H44O5Si. The van der Waals surface area contributed by atoms with E-state index in [0.717, 1.165) is 17.7 Å². The molecule has 0 radical (unpaired) electrons.